The molecule has 2 heterocycles. The average molecular weight is 276 g/mol. The van der Waals surface area contributed by atoms with Crippen molar-refractivity contribution in [3.8, 4) is 10.6 Å². The van der Waals surface area contributed by atoms with Crippen LogP contribution in [0.4, 0.5) is 4.39 Å². The first-order valence-corrected chi connectivity index (χ1v) is 7.39. The predicted octanol–water partition coefficient (Wildman–Crippen LogP) is 4.52. The van der Waals surface area contributed by atoms with Crippen molar-refractivity contribution in [1.82, 2.24) is 9.97 Å². The van der Waals surface area contributed by atoms with Crippen molar-refractivity contribution in [2.24, 2.45) is 0 Å². The fourth-order valence-electron chi connectivity index (χ4n) is 2.16. The lowest BCUT2D eigenvalue weighted by atomic mass is 9.92. The number of thiazole rings is 1. The highest BCUT2D eigenvalue weighted by atomic mass is 32.1. The maximum Gasteiger partial charge on any atom is 0.142 e. The van der Waals surface area contributed by atoms with Gasteiger partial charge in [0.2, 0.25) is 0 Å². The number of hydrogen-bond acceptors (Lipinski definition) is 3. The van der Waals surface area contributed by atoms with Gasteiger partial charge in [0.1, 0.15) is 10.8 Å². The SMILES string of the molecule is CC(C)(C)c1sc(-c2cncc(F)c2)nc1C1CC1. The average Bonchev–Trinajstić information content (AvgIpc) is 3.06. The Bertz CT molecular complexity index is 609. The summed E-state index contributed by atoms with van der Waals surface area (Å²) < 4.78 is 13.3. The Labute approximate surface area is 116 Å². The zero-order valence-corrected chi connectivity index (χ0v) is 12.2. The number of halogens is 1. The summed E-state index contributed by atoms with van der Waals surface area (Å²) in [4.78, 5) is 10.0. The molecule has 2 aromatic rings. The molecule has 2 nitrogen and oxygen atoms in total. The third kappa shape index (κ3) is 2.54. The minimum Gasteiger partial charge on any atom is -0.261 e. The topological polar surface area (TPSA) is 25.8 Å². The molecule has 1 aliphatic carbocycles. The molecule has 0 N–H and O–H groups in total. The minimum absolute atomic E-state index is 0.0919. The van der Waals surface area contributed by atoms with E-state index in [0.29, 0.717) is 5.92 Å². The van der Waals surface area contributed by atoms with Gasteiger partial charge >= 0.3 is 0 Å². The van der Waals surface area contributed by atoms with E-state index in [1.807, 2.05) is 0 Å². The largest absolute Gasteiger partial charge is 0.261 e. The normalized spacial score (nSPS) is 15.8. The fourth-order valence-corrected chi connectivity index (χ4v) is 3.34. The molecule has 0 saturated heterocycles. The Hall–Kier alpha value is -1.29. The van der Waals surface area contributed by atoms with Gasteiger partial charge in [-0.05, 0) is 24.3 Å². The van der Waals surface area contributed by atoms with Gasteiger partial charge in [-0.15, -0.1) is 11.3 Å². The van der Waals surface area contributed by atoms with E-state index in [1.165, 1.54) is 35.7 Å². The maximum absolute atomic E-state index is 13.3. The summed E-state index contributed by atoms with van der Waals surface area (Å²) in [5.41, 5.74) is 2.09. The highest BCUT2D eigenvalue weighted by Gasteiger charge is 2.33. The standard InChI is InChI=1S/C15H17FN2S/c1-15(2,3)13-12(9-4-5-9)18-14(19-13)10-6-11(16)8-17-7-10/h6-9H,4-5H2,1-3H3. The van der Waals surface area contributed by atoms with Gasteiger partial charge in [-0.25, -0.2) is 9.37 Å². The molecule has 3 rings (SSSR count). The van der Waals surface area contributed by atoms with E-state index in [1.54, 1.807) is 17.5 Å². The van der Waals surface area contributed by atoms with Crippen LogP contribution < -0.4 is 0 Å². The second-order valence-corrected chi connectivity index (χ2v) is 7.15. The van der Waals surface area contributed by atoms with Gasteiger partial charge in [0.05, 0.1) is 11.9 Å². The van der Waals surface area contributed by atoms with Crippen LogP contribution in [0.5, 0.6) is 0 Å². The molecule has 0 amide bonds. The van der Waals surface area contributed by atoms with E-state index in [0.717, 1.165) is 10.6 Å². The van der Waals surface area contributed by atoms with Crippen LogP contribution in [-0.2, 0) is 5.41 Å². The lowest BCUT2D eigenvalue weighted by molar-refractivity contribution is 0.594. The van der Waals surface area contributed by atoms with E-state index >= 15 is 0 Å². The van der Waals surface area contributed by atoms with Crippen molar-refractivity contribution in [2.45, 2.75) is 44.9 Å². The molecule has 100 valence electrons. The minimum atomic E-state index is -0.307. The molecule has 1 saturated carbocycles. The van der Waals surface area contributed by atoms with Crippen molar-refractivity contribution in [3.63, 3.8) is 0 Å². The summed E-state index contributed by atoms with van der Waals surface area (Å²) in [6.45, 7) is 6.62. The van der Waals surface area contributed by atoms with Gasteiger partial charge < -0.3 is 0 Å². The Morgan fingerprint density at radius 2 is 2.00 bits per heavy atom. The zero-order chi connectivity index (χ0) is 13.6. The molecule has 4 heteroatoms. The van der Waals surface area contributed by atoms with Crippen LogP contribution in [0.15, 0.2) is 18.5 Å². The van der Waals surface area contributed by atoms with Crippen LogP contribution in [0.25, 0.3) is 10.6 Å². The molecule has 0 aromatic carbocycles. The van der Waals surface area contributed by atoms with Crippen molar-refractivity contribution in [3.05, 3.63) is 34.8 Å². The third-order valence-corrected chi connectivity index (χ3v) is 4.80. The second kappa shape index (κ2) is 4.37. The first-order valence-electron chi connectivity index (χ1n) is 6.57. The molecule has 1 fully saturated rings. The number of aromatic nitrogens is 2. The Morgan fingerprint density at radius 1 is 1.26 bits per heavy atom. The van der Waals surface area contributed by atoms with E-state index in [2.05, 4.69) is 25.8 Å². The molecule has 0 bridgehead atoms. The van der Waals surface area contributed by atoms with E-state index in [9.17, 15) is 4.39 Å². The number of hydrogen-bond donors (Lipinski definition) is 0. The van der Waals surface area contributed by atoms with Crippen LogP contribution in [0.2, 0.25) is 0 Å². The van der Waals surface area contributed by atoms with E-state index in [4.69, 9.17) is 4.98 Å². The summed E-state index contributed by atoms with van der Waals surface area (Å²) in [6, 6.07) is 1.51. The number of nitrogens with zero attached hydrogens (tertiary/aromatic N) is 2. The van der Waals surface area contributed by atoms with Crippen LogP contribution in [0.3, 0.4) is 0 Å². The summed E-state index contributed by atoms with van der Waals surface area (Å²) in [6.07, 6.45) is 5.37. The molecule has 19 heavy (non-hydrogen) atoms. The van der Waals surface area contributed by atoms with Gasteiger partial charge in [-0.1, -0.05) is 20.8 Å². The lowest BCUT2D eigenvalue weighted by Crippen LogP contribution is -2.11. The first kappa shape index (κ1) is 12.7. The van der Waals surface area contributed by atoms with Gasteiger partial charge in [0.15, 0.2) is 0 Å². The molecular formula is C15H17FN2S. The molecule has 1 aliphatic rings. The molecule has 0 spiro atoms. The summed E-state index contributed by atoms with van der Waals surface area (Å²) in [5, 5.41) is 0.888. The monoisotopic (exact) mass is 276 g/mol. The van der Waals surface area contributed by atoms with Crippen LogP contribution in [-0.4, -0.2) is 9.97 Å². The smallest absolute Gasteiger partial charge is 0.142 e. The number of pyridine rings is 1. The van der Waals surface area contributed by atoms with Crippen LogP contribution in [0, 0.1) is 5.82 Å². The van der Waals surface area contributed by atoms with Crippen molar-refractivity contribution in [2.75, 3.05) is 0 Å². The maximum atomic E-state index is 13.3. The number of rotatable bonds is 2. The molecule has 0 radical (unpaired) electrons. The molecular weight excluding hydrogens is 259 g/mol. The highest BCUT2D eigenvalue weighted by molar-refractivity contribution is 7.15. The predicted molar refractivity (Wildman–Crippen MR) is 76.0 cm³/mol. The van der Waals surface area contributed by atoms with Gasteiger partial charge in [0, 0.05) is 22.6 Å². The molecule has 2 aromatic heterocycles. The third-order valence-electron chi connectivity index (χ3n) is 3.25. The van der Waals surface area contributed by atoms with Gasteiger partial charge in [-0.2, -0.15) is 0 Å². The Balaban J connectivity index is 2.08. The molecule has 0 aliphatic heterocycles. The highest BCUT2D eigenvalue weighted by Crippen LogP contribution is 2.47. The Kier molecular flexibility index (Phi) is 2.93. The lowest BCUT2D eigenvalue weighted by Gasteiger charge is -2.17. The molecule has 0 atom stereocenters. The Morgan fingerprint density at radius 3 is 2.58 bits per heavy atom. The van der Waals surface area contributed by atoms with Gasteiger partial charge in [-0.3, -0.25) is 4.98 Å². The summed E-state index contributed by atoms with van der Waals surface area (Å²) in [5.74, 6) is 0.304. The van der Waals surface area contributed by atoms with Crippen LogP contribution >= 0.6 is 11.3 Å². The second-order valence-electron chi connectivity index (χ2n) is 6.15. The zero-order valence-electron chi connectivity index (χ0n) is 11.4. The van der Waals surface area contributed by atoms with Crippen molar-refractivity contribution >= 4 is 11.3 Å². The summed E-state index contributed by atoms with van der Waals surface area (Å²) >= 11 is 1.68. The fraction of sp³-hybridized carbons (Fsp3) is 0.467. The van der Waals surface area contributed by atoms with E-state index in [-0.39, 0.29) is 11.2 Å². The molecule has 0 unspecified atom stereocenters. The quantitative estimate of drug-likeness (QED) is 0.806. The van der Waals surface area contributed by atoms with Crippen molar-refractivity contribution < 1.29 is 4.39 Å². The van der Waals surface area contributed by atoms with Gasteiger partial charge in [0.25, 0.3) is 0 Å². The van der Waals surface area contributed by atoms with E-state index < -0.39 is 0 Å². The summed E-state index contributed by atoms with van der Waals surface area (Å²) in [7, 11) is 0. The van der Waals surface area contributed by atoms with Crippen LogP contribution in [0.1, 0.15) is 50.1 Å². The first-order chi connectivity index (χ1) is 8.95. The van der Waals surface area contributed by atoms with Crippen molar-refractivity contribution in [1.29, 1.82) is 0 Å².